The SMILES string of the molecule is CC1(C)/C(=C/CC2CCCC(/C=C/C3N(CCCCS(=O)(=O)O)c4ccc5ccccc5c4C3(C)C)=C2c2ccc(C(=O)NCCOCCNC(=O)CC(P(=O)(O)O)P(=O)(O)O)cc2)N(CCCCS(=O)(=O)O)c2ccc3ccccc3c21. The van der Waals surface area contributed by atoms with E-state index in [-0.39, 0.29) is 61.1 Å². The molecule has 5 aromatic carbocycles. The molecule has 448 valence electrons. The molecule has 3 aliphatic rings. The van der Waals surface area contributed by atoms with Gasteiger partial charge in [0.15, 0.2) is 5.40 Å². The van der Waals surface area contributed by atoms with Crippen molar-refractivity contribution in [2.45, 2.75) is 108 Å². The molecule has 8 N–H and O–H groups in total. The fraction of sp³-hybridized carbons (Fsp3) is 0.433. The van der Waals surface area contributed by atoms with E-state index in [9.17, 15) is 64.2 Å². The average Bonchev–Trinajstić information content (AvgIpc) is 1.79. The van der Waals surface area contributed by atoms with E-state index in [1.165, 1.54) is 11.1 Å². The summed E-state index contributed by atoms with van der Waals surface area (Å²) in [5, 5.41) is 7.24. The summed E-state index contributed by atoms with van der Waals surface area (Å²) in [6, 6.07) is 32.6. The van der Waals surface area contributed by atoms with Crippen molar-refractivity contribution in [2.24, 2.45) is 5.92 Å². The number of hydrogen-bond acceptors (Lipinski definition) is 11. The van der Waals surface area contributed by atoms with Crippen LogP contribution in [0.2, 0.25) is 0 Å². The molecule has 1 aliphatic carbocycles. The molecule has 2 unspecified atom stereocenters. The maximum Gasteiger partial charge on any atom is 0.341 e. The van der Waals surface area contributed by atoms with Crippen molar-refractivity contribution in [3.05, 3.63) is 149 Å². The molecule has 23 heteroatoms. The second-order valence-corrected chi connectivity index (χ2v) is 30.0. The predicted molar refractivity (Wildman–Crippen MR) is 325 cm³/mol. The zero-order valence-electron chi connectivity index (χ0n) is 47.2. The standard InChI is InChI=1S/C60H76N4O15P2S2/c1-59(2)51(63(34-9-11-38-82(73,74)75)49-28-24-41-14-5-7-18-47(41)56(49)59)30-26-43-16-13-17-44(27-31-52-60(3,4)57-48-19-8-6-15-42(48)25-29-50(57)64(52)35-10-12-39-83(76,77)78)55(43)45-20-22-46(23-21-45)58(66)62-33-37-79-36-32-61-53(65)40-54(80(67,68)69)81(70,71)72/h5-8,14-15,18-26,28-31,44,51,54H,9-13,16-17,27,32-40H2,1-4H3,(H,61,65)(H,62,66)(H2,67,68,69)(H2,70,71,72)(H,73,74,75)(H,76,77,78)/b30-26+,52-31-. The Hall–Kier alpha value is -5.54. The van der Waals surface area contributed by atoms with Crippen molar-refractivity contribution in [2.75, 3.05) is 60.7 Å². The number of hydrogen-bond donors (Lipinski definition) is 8. The number of unbranched alkanes of at least 4 members (excludes halogenated alkanes) is 2. The molecule has 0 saturated heterocycles. The van der Waals surface area contributed by atoms with E-state index in [1.807, 2.05) is 36.4 Å². The van der Waals surface area contributed by atoms with Crippen LogP contribution in [0, 0.1) is 5.92 Å². The largest absolute Gasteiger partial charge is 0.378 e. The van der Waals surface area contributed by atoms with E-state index >= 15 is 0 Å². The van der Waals surface area contributed by atoms with Crippen LogP contribution in [0.3, 0.4) is 0 Å². The summed E-state index contributed by atoms with van der Waals surface area (Å²) in [5.41, 5.74) is 8.48. The van der Waals surface area contributed by atoms with Gasteiger partial charge in [-0.25, -0.2) is 0 Å². The van der Waals surface area contributed by atoms with Crippen molar-refractivity contribution in [3.63, 3.8) is 0 Å². The van der Waals surface area contributed by atoms with Gasteiger partial charge in [0.2, 0.25) is 5.91 Å². The van der Waals surface area contributed by atoms with Crippen LogP contribution in [0.4, 0.5) is 11.4 Å². The first-order valence-corrected chi connectivity index (χ1v) is 34.6. The van der Waals surface area contributed by atoms with Gasteiger partial charge in [-0.2, -0.15) is 16.8 Å². The molecule has 0 aromatic heterocycles. The van der Waals surface area contributed by atoms with E-state index < -0.39 is 58.6 Å². The first-order valence-electron chi connectivity index (χ1n) is 28.0. The topological polar surface area (TPSA) is 298 Å². The number of carbonyl (C=O) groups is 2. The molecule has 0 radical (unpaired) electrons. The smallest absolute Gasteiger partial charge is 0.341 e. The second-order valence-electron chi connectivity index (χ2n) is 22.9. The van der Waals surface area contributed by atoms with E-state index in [0.717, 1.165) is 74.6 Å². The fourth-order valence-corrected chi connectivity index (χ4v) is 16.0. The highest BCUT2D eigenvalue weighted by Crippen LogP contribution is 2.61. The highest BCUT2D eigenvalue weighted by atomic mass is 32.2. The number of fused-ring (bicyclic) bond motifs is 6. The Balaban J connectivity index is 1.08. The zero-order chi connectivity index (χ0) is 60.1. The third-order valence-corrected chi connectivity index (χ3v) is 21.6. The first-order chi connectivity index (χ1) is 39.1. The second kappa shape index (κ2) is 26.0. The molecule has 19 nitrogen and oxygen atoms in total. The lowest BCUT2D eigenvalue weighted by atomic mass is 9.75. The van der Waals surface area contributed by atoms with Crippen molar-refractivity contribution in [3.8, 4) is 0 Å². The molecule has 0 saturated carbocycles. The zero-order valence-corrected chi connectivity index (χ0v) is 50.6. The van der Waals surface area contributed by atoms with Gasteiger partial charge in [0.1, 0.15) is 0 Å². The summed E-state index contributed by atoms with van der Waals surface area (Å²) in [7, 11) is -18.8. The monoisotopic (exact) mass is 1220 g/mol. The summed E-state index contributed by atoms with van der Waals surface area (Å²) < 4.78 is 94.9. The number of anilines is 2. The van der Waals surface area contributed by atoms with Crippen LogP contribution < -0.4 is 20.4 Å². The number of allylic oxidation sites excluding steroid dienone is 5. The Morgan fingerprint density at radius 1 is 0.723 bits per heavy atom. The summed E-state index contributed by atoms with van der Waals surface area (Å²) >= 11 is 0. The van der Waals surface area contributed by atoms with Gasteiger partial charge >= 0.3 is 15.2 Å². The summed E-state index contributed by atoms with van der Waals surface area (Å²) in [5.74, 6) is -1.95. The number of benzene rings is 5. The Morgan fingerprint density at radius 2 is 1.29 bits per heavy atom. The quantitative estimate of drug-likeness (QED) is 0.0145. The summed E-state index contributed by atoms with van der Waals surface area (Å²) in [4.78, 5) is 67.7. The van der Waals surface area contributed by atoms with Crippen molar-refractivity contribution >= 4 is 85.7 Å². The van der Waals surface area contributed by atoms with Crippen molar-refractivity contribution < 1.29 is 69.0 Å². The van der Waals surface area contributed by atoms with Crippen molar-refractivity contribution in [1.29, 1.82) is 0 Å². The van der Waals surface area contributed by atoms with E-state index in [4.69, 9.17) is 4.74 Å². The van der Waals surface area contributed by atoms with Gasteiger partial charge in [-0.05, 0) is 131 Å². The molecule has 2 aliphatic heterocycles. The number of nitrogens with zero attached hydrogens (tertiary/aromatic N) is 2. The molecular weight excluding hydrogens is 1140 g/mol. The van der Waals surface area contributed by atoms with Gasteiger partial charge in [0.25, 0.3) is 26.1 Å². The lowest BCUT2D eigenvalue weighted by Crippen LogP contribution is -2.40. The van der Waals surface area contributed by atoms with E-state index in [1.54, 1.807) is 12.1 Å². The molecule has 2 heterocycles. The van der Waals surface area contributed by atoms with Crippen LogP contribution in [0.15, 0.2) is 127 Å². The van der Waals surface area contributed by atoms with E-state index in [0.29, 0.717) is 50.8 Å². The van der Waals surface area contributed by atoms with Gasteiger partial charge in [-0.1, -0.05) is 119 Å². The minimum Gasteiger partial charge on any atom is -0.378 e. The van der Waals surface area contributed by atoms with Gasteiger partial charge in [0, 0.05) is 59.6 Å². The van der Waals surface area contributed by atoms with E-state index in [2.05, 4.69) is 115 Å². The summed E-state index contributed by atoms with van der Waals surface area (Å²) in [6.45, 7) is 10.1. The van der Waals surface area contributed by atoms with Crippen LogP contribution in [-0.2, 0) is 49.7 Å². The molecule has 8 rings (SSSR count). The van der Waals surface area contributed by atoms with Crippen LogP contribution in [0.1, 0.15) is 113 Å². The maximum absolute atomic E-state index is 13.5. The molecule has 2 amide bonds. The van der Waals surface area contributed by atoms with Gasteiger partial charge < -0.3 is 44.7 Å². The van der Waals surface area contributed by atoms with Crippen LogP contribution in [-0.4, -0.2) is 120 Å². The van der Waals surface area contributed by atoms with Gasteiger partial charge in [-0.15, -0.1) is 0 Å². The Kier molecular flexibility index (Phi) is 19.9. The number of carbonyl (C=O) groups excluding carboxylic acids is 2. The lowest BCUT2D eigenvalue weighted by molar-refractivity contribution is -0.121. The molecule has 0 spiro atoms. The highest BCUT2D eigenvalue weighted by Gasteiger charge is 2.46. The normalized spacial score (nSPS) is 18.7. The number of amides is 2. The minimum absolute atomic E-state index is 0.0306. The Labute approximate surface area is 486 Å². The lowest BCUT2D eigenvalue weighted by Gasteiger charge is -2.33. The molecule has 2 atom stereocenters. The third kappa shape index (κ3) is 15.3. The van der Waals surface area contributed by atoms with Crippen LogP contribution >= 0.6 is 15.2 Å². The fourth-order valence-electron chi connectivity index (χ4n) is 12.5. The molecule has 0 fully saturated rings. The Morgan fingerprint density at radius 3 is 1.89 bits per heavy atom. The first kappa shape index (κ1) is 63.5. The van der Waals surface area contributed by atoms with Gasteiger partial charge in [-0.3, -0.25) is 27.8 Å². The number of ether oxygens (including phenoxy) is 1. The molecular formula is C60H76N4O15P2S2. The molecule has 83 heavy (non-hydrogen) atoms. The van der Waals surface area contributed by atoms with Crippen LogP contribution in [0.5, 0.6) is 0 Å². The average molecular weight is 1220 g/mol. The third-order valence-electron chi connectivity index (χ3n) is 16.3. The minimum atomic E-state index is -5.27. The van der Waals surface area contributed by atoms with Crippen LogP contribution in [0.25, 0.3) is 27.1 Å². The highest BCUT2D eigenvalue weighted by molar-refractivity contribution is 7.86. The summed E-state index contributed by atoms with van der Waals surface area (Å²) in [6.07, 6.45) is 10.7. The predicted octanol–water partition coefficient (Wildman–Crippen LogP) is 9.61. The maximum atomic E-state index is 13.5. The number of nitrogens with one attached hydrogen (secondary N) is 2. The van der Waals surface area contributed by atoms with Gasteiger partial charge in [0.05, 0.1) is 37.2 Å². The molecule has 5 aromatic rings. The van der Waals surface area contributed by atoms with Crippen molar-refractivity contribution in [1.82, 2.24) is 10.6 Å². The molecule has 0 bridgehead atoms. The number of rotatable bonds is 26. The Bertz CT molecular complexity index is 3630.